The minimum atomic E-state index is -0.371. The highest BCUT2D eigenvalue weighted by atomic mass is 16.3. The second-order valence-corrected chi connectivity index (χ2v) is 6.89. The van der Waals surface area contributed by atoms with Crippen molar-refractivity contribution in [1.29, 1.82) is 0 Å². The molecule has 0 aromatic heterocycles. The van der Waals surface area contributed by atoms with Gasteiger partial charge in [-0.2, -0.15) is 0 Å². The van der Waals surface area contributed by atoms with Crippen LogP contribution in [-0.4, -0.2) is 41.0 Å². The standard InChI is InChI=1S/C17H26N2O3/c1-11(2)12-7-8-14(20)13(9-12)16(22)19(6)10-15(21)18-17(3,4)5/h7-9,11,20H,10H2,1-6H3,(H,18,21). The average molecular weight is 306 g/mol. The van der Waals surface area contributed by atoms with Crippen molar-refractivity contribution in [1.82, 2.24) is 10.2 Å². The highest BCUT2D eigenvalue weighted by Crippen LogP contribution is 2.24. The van der Waals surface area contributed by atoms with Crippen molar-refractivity contribution in [3.8, 4) is 5.75 Å². The Morgan fingerprint density at radius 1 is 1.27 bits per heavy atom. The fourth-order valence-corrected chi connectivity index (χ4v) is 2.03. The molecule has 2 amide bonds. The van der Waals surface area contributed by atoms with Gasteiger partial charge in [0.1, 0.15) is 5.75 Å². The Balaban J connectivity index is 2.87. The minimum Gasteiger partial charge on any atom is -0.507 e. The van der Waals surface area contributed by atoms with Gasteiger partial charge in [-0.05, 0) is 44.4 Å². The summed E-state index contributed by atoms with van der Waals surface area (Å²) in [5.41, 5.74) is 0.840. The van der Waals surface area contributed by atoms with Crippen molar-refractivity contribution in [2.75, 3.05) is 13.6 Å². The van der Waals surface area contributed by atoms with Crippen LogP contribution in [0.2, 0.25) is 0 Å². The molecule has 22 heavy (non-hydrogen) atoms. The van der Waals surface area contributed by atoms with Crippen molar-refractivity contribution in [3.05, 3.63) is 29.3 Å². The molecule has 5 heteroatoms. The molecule has 0 aliphatic rings. The number of likely N-dealkylation sites (N-methyl/N-ethyl adjacent to an activating group) is 1. The molecule has 0 saturated heterocycles. The van der Waals surface area contributed by atoms with Gasteiger partial charge in [-0.25, -0.2) is 0 Å². The lowest BCUT2D eigenvalue weighted by atomic mass is 10.00. The number of aromatic hydroxyl groups is 1. The molecule has 5 nitrogen and oxygen atoms in total. The summed E-state index contributed by atoms with van der Waals surface area (Å²) in [7, 11) is 1.55. The van der Waals surface area contributed by atoms with Crippen molar-refractivity contribution in [3.63, 3.8) is 0 Å². The summed E-state index contributed by atoms with van der Waals surface area (Å²) >= 11 is 0. The molecule has 0 fully saturated rings. The fourth-order valence-electron chi connectivity index (χ4n) is 2.03. The monoisotopic (exact) mass is 306 g/mol. The topological polar surface area (TPSA) is 69.6 Å². The van der Waals surface area contributed by atoms with E-state index in [1.54, 1.807) is 19.2 Å². The van der Waals surface area contributed by atoms with E-state index in [1.165, 1.54) is 11.0 Å². The normalized spacial score (nSPS) is 11.4. The lowest BCUT2D eigenvalue weighted by Gasteiger charge is -2.23. The molecule has 0 aliphatic carbocycles. The Hall–Kier alpha value is -2.04. The predicted molar refractivity (Wildman–Crippen MR) is 87.1 cm³/mol. The van der Waals surface area contributed by atoms with Crippen LogP contribution in [0.3, 0.4) is 0 Å². The molecular weight excluding hydrogens is 280 g/mol. The Kier molecular flexibility index (Phi) is 5.58. The van der Waals surface area contributed by atoms with E-state index >= 15 is 0 Å². The first-order chi connectivity index (χ1) is 10.0. The number of rotatable bonds is 4. The van der Waals surface area contributed by atoms with Gasteiger partial charge in [-0.3, -0.25) is 9.59 Å². The van der Waals surface area contributed by atoms with Crippen LogP contribution in [0.1, 0.15) is 56.5 Å². The zero-order valence-corrected chi connectivity index (χ0v) is 14.2. The van der Waals surface area contributed by atoms with Gasteiger partial charge in [0, 0.05) is 12.6 Å². The van der Waals surface area contributed by atoms with E-state index in [1.807, 2.05) is 34.6 Å². The molecule has 0 radical (unpaired) electrons. The van der Waals surface area contributed by atoms with Gasteiger partial charge in [0.25, 0.3) is 5.91 Å². The van der Waals surface area contributed by atoms with E-state index < -0.39 is 0 Å². The smallest absolute Gasteiger partial charge is 0.257 e. The first kappa shape index (κ1) is 18.0. The van der Waals surface area contributed by atoms with E-state index in [9.17, 15) is 14.7 Å². The number of hydrogen-bond donors (Lipinski definition) is 2. The summed E-state index contributed by atoms with van der Waals surface area (Å²) < 4.78 is 0. The third-order valence-corrected chi connectivity index (χ3v) is 3.16. The SMILES string of the molecule is CC(C)c1ccc(O)c(C(=O)N(C)CC(=O)NC(C)(C)C)c1. The number of phenols is 1. The highest BCUT2D eigenvalue weighted by Gasteiger charge is 2.21. The Labute approximate surface area is 132 Å². The summed E-state index contributed by atoms with van der Waals surface area (Å²) in [5, 5.41) is 12.7. The molecule has 0 atom stereocenters. The third kappa shape index (κ3) is 5.06. The molecule has 1 rings (SSSR count). The van der Waals surface area contributed by atoms with Gasteiger partial charge >= 0.3 is 0 Å². The van der Waals surface area contributed by atoms with Gasteiger partial charge < -0.3 is 15.3 Å². The molecule has 1 aromatic rings. The molecule has 2 N–H and O–H groups in total. The largest absolute Gasteiger partial charge is 0.507 e. The lowest BCUT2D eigenvalue weighted by molar-refractivity contribution is -0.122. The van der Waals surface area contributed by atoms with Crippen LogP contribution >= 0.6 is 0 Å². The summed E-state index contributed by atoms with van der Waals surface area (Å²) in [6.45, 7) is 9.61. The first-order valence-corrected chi connectivity index (χ1v) is 7.40. The van der Waals surface area contributed by atoms with E-state index in [0.29, 0.717) is 0 Å². The van der Waals surface area contributed by atoms with Crippen LogP contribution in [0.5, 0.6) is 5.75 Å². The maximum atomic E-state index is 12.4. The van der Waals surface area contributed by atoms with E-state index in [0.717, 1.165) is 5.56 Å². The molecule has 1 aromatic carbocycles. The molecule has 0 bridgehead atoms. The minimum absolute atomic E-state index is 0.0541. The Morgan fingerprint density at radius 3 is 2.36 bits per heavy atom. The molecule has 0 aliphatic heterocycles. The molecule has 0 heterocycles. The summed E-state index contributed by atoms with van der Waals surface area (Å²) in [5.74, 6) is -0.425. The van der Waals surface area contributed by atoms with Gasteiger partial charge in [-0.15, -0.1) is 0 Å². The van der Waals surface area contributed by atoms with E-state index in [2.05, 4.69) is 5.32 Å². The zero-order valence-electron chi connectivity index (χ0n) is 14.2. The lowest BCUT2D eigenvalue weighted by Crippen LogP contribution is -2.46. The quantitative estimate of drug-likeness (QED) is 0.898. The molecule has 0 spiro atoms. The van der Waals surface area contributed by atoms with Crippen molar-refractivity contribution < 1.29 is 14.7 Å². The van der Waals surface area contributed by atoms with Crippen molar-refractivity contribution in [2.24, 2.45) is 0 Å². The second kappa shape index (κ2) is 6.81. The van der Waals surface area contributed by atoms with E-state index in [4.69, 9.17) is 0 Å². The van der Waals surface area contributed by atoms with Crippen LogP contribution < -0.4 is 5.32 Å². The number of benzene rings is 1. The predicted octanol–water partition coefficient (Wildman–Crippen LogP) is 2.50. The maximum Gasteiger partial charge on any atom is 0.257 e. The van der Waals surface area contributed by atoms with Gasteiger partial charge in [0.2, 0.25) is 5.91 Å². The van der Waals surface area contributed by atoms with Gasteiger partial charge in [0.05, 0.1) is 12.1 Å². The number of hydrogen-bond acceptors (Lipinski definition) is 3. The third-order valence-electron chi connectivity index (χ3n) is 3.16. The zero-order chi connectivity index (χ0) is 17.1. The van der Waals surface area contributed by atoms with Crippen LogP contribution in [0.25, 0.3) is 0 Å². The van der Waals surface area contributed by atoms with Crippen LogP contribution in [0.15, 0.2) is 18.2 Å². The second-order valence-electron chi connectivity index (χ2n) is 6.89. The fraction of sp³-hybridized carbons (Fsp3) is 0.529. The van der Waals surface area contributed by atoms with Crippen molar-refractivity contribution in [2.45, 2.75) is 46.1 Å². The Morgan fingerprint density at radius 2 is 1.86 bits per heavy atom. The van der Waals surface area contributed by atoms with Crippen molar-refractivity contribution >= 4 is 11.8 Å². The van der Waals surface area contributed by atoms with Gasteiger partial charge in [0.15, 0.2) is 0 Å². The number of amides is 2. The average Bonchev–Trinajstić information content (AvgIpc) is 2.35. The summed E-state index contributed by atoms with van der Waals surface area (Å²) in [6, 6.07) is 5.00. The number of carbonyl (C=O) groups is 2. The molecular formula is C17H26N2O3. The van der Waals surface area contributed by atoms with Gasteiger partial charge in [-0.1, -0.05) is 19.9 Å². The number of phenolic OH excluding ortho intramolecular Hbond substituents is 1. The van der Waals surface area contributed by atoms with Crippen LogP contribution in [-0.2, 0) is 4.79 Å². The maximum absolute atomic E-state index is 12.4. The van der Waals surface area contributed by atoms with E-state index in [-0.39, 0.29) is 41.1 Å². The summed E-state index contributed by atoms with van der Waals surface area (Å²) in [4.78, 5) is 25.6. The molecule has 0 saturated carbocycles. The number of nitrogens with zero attached hydrogens (tertiary/aromatic N) is 1. The molecule has 122 valence electrons. The van der Waals surface area contributed by atoms with Crippen LogP contribution in [0, 0.1) is 0 Å². The highest BCUT2D eigenvalue weighted by molar-refractivity contribution is 5.98. The Bertz CT molecular complexity index is 560. The first-order valence-electron chi connectivity index (χ1n) is 7.40. The van der Waals surface area contributed by atoms with Crippen LogP contribution in [0.4, 0.5) is 0 Å². The number of nitrogens with one attached hydrogen (secondary N) is 1. The summed E-state index contributed by atoms with van der Waals surface area (Å²) in [6.07, 6.45) is 0. The molecule has 0 unspecified atom stereocenters. The number of carbonyl (C=O) groups excluding carboxylic acids is 2.